The molecule has 0 bridgehead atoms. The van der Waals surface area contributed by atoms with E-state index in [1.807, 2.05) is 47.0 Å². The molecule has 0 fully saturated rings. The van der Waals surface area contributed by atoms with E-state index in [0.29, 0.717) is 28.8 Å². The minimum absolute atomic E-state index is 0.0379. The van der Waals surface area contributed by atoms with Crippen LogP contribution in [0.4, 0.5) is 0 Å². The van der Waals surface area contributed by atoms with Crippen LogP contribution in [0.2, 0.25) is 0 Å². The van der Waals surface area contributed by atoms with Gasteiger partial charge in [0.2, 0.25) is 5.82 Å². The zero-order valence-corrected chi connectivity index (χ0v) is 17.2. The third-order valence-corrected chi connectivity index (χ3v) is 5.67. The van der Waals surface area contributed by atoms with Crippen molar-refractivity contribution < 1.29 is 9.21 Å². The molecule has 28 heavy (non-hydrogen) atoms. The summed E-state index contributed by atoms with van der Waals surface area (Å²) >= 11 is 4.73. The Hall–Kier alpha value is -2.64. The van der Waals surface area contributed by atoms with Crippen LogP contribution in [-0.4, -0.2) is 26.3 Å². The van der Waals surface area contributed by atoms with Crippen molar-refractivity contribution in [3.63, 3.8) is 0 Å². The number of halogens is 1. The SMILES string of the molecule is C=CCn1c(SCC(=O)c2ccc(Br)cc2)nnc1-c1cc2ccccc2o1. The molecule has 0 spiro atoms. The van der Waals surface area contributed by atoms with E-state index in [1.165, 1.54) is 11.8 Å². The summed E-state index contributed by atoms with van der Waals surface area (Å²) in [5.74, 6) is 1.57. The van der Waals surface area contributed by atoms with E-state index >= 15 is 0 Å². The number of thioether (sulfide) groups is 1. The summed E-state index contributed by atoms with van der Waals surface area (Å²) in [5.41, 5.74) is 1.47. The van der Waals surface area contributed by atoms with E-state index in [9.17, 15) is 4.79 Å². The number of Topliss-reactive ketones (excluding diaryl/α,β-unsaturated/α-hetero) is 1. The highest BCUT2D eigenvalue weighted by molar-refractivity contribution is 9.10. The molecule has 4 rings (SSSR count). The van der Waals surface area contributed by atoms with Gasteiger partial charge in [0.25, 0.3) is 0 Å². The summed E-state index contributed by atoms with van der Waals surface area (Å²) in [7, 11) is 0. The Morgan fingerprint density at radius 2 is 1.96 bits per heavy atom. The van der Waals surface area contributed by atoms with Crippen LogP contribution in [0.25, 0.3) is 22.6 Å². The maximum atomic E-state index is 12.5. The van der Waals surface area contributed by atoms with Crippen LogP contribution in [0, 0.1) is 0 Å². The van der Waals surface area contributed by atoms with Crippen LogP contribution in [0.1, 0.15) is 10.4 Å². The molecule has 0 saturated heterocycles. The molecule has 0 unspecified atom stereocenters. The number of hydrogen-bond acceptors (Lipinski definition) is 5. The van der Waals surface area contributed by atoms with Crippen LogP contribution in [-0.2, 0) is 6.54 Å². The van der Waals surface area contributed by atoms with Crippen molar-refractivity contribution in [2.75, 3.05) is 5.75 Å². The smallest absolute Gasteiger partial charge is 0.200 e. The van der Waals surface area contributed by atoms with Gasteiger partial charge in [-0.1, -0.05) is 64.1 Å². The summed E-state index contributed by atoms with van der Waals surface area (Å²) in [4.78, 5) is 12.5. The van der Waals surface area contributed by atoms with Gasteiger partial charge in [-0.05, 0) is 24.3 Å². The number of carbonyl (C=O) groups is 1. The zero-order chi connectivity index (χ0) is 19.5. The van der Waals surface area contributed by atoms with Gasteiger partial charge in [0, 0.05) is 22.0 Å². The van der Waals surface area contributed by atoms with Crippen molar-refractivity contribution in [2.45, 2.75) is 11.7 Å². The van der Waals surface area contributed by atoms with Gasteiger partial charge in [-0.25, -0.2) is 0 Å². The number of benzene rings is 2. The van der Waals surface area contributed by atoms with Crippen molar-refractivity contribution in [3.05, 3.63) is 77.3 Å². The quantitative estimate of drug-likeness (QED) is 0.206. The van der Waals surface area contributed by atoms with Gasteiger partial charge >= 0.3 is 0 Å². The van der Waals surface area contributed by atoms with Gasteiger partial charge < -0.3 is 4.42 Å². The maximum absolute atomic E-state index is 12.5. The molecule has 0 radical (unpaired) electrons. The number of allylic oxidation sites excluding steroid dienone is 1. The molecule has 2 aromatic heterocycles. The monoisotopic (exact) mass is 453 g/mol. The van der Waals surface area contributed by atoms with Gasteiger partial charge in [-0.2, -0.15) is 0 Å². The average Bonchev–Trinajstić information content (AvgIpc) is 3.30. The van der Waals surface area contributed by atoms with Crippen LogP contribution < -0.4 is 0 Å². The molecule has 0 N–H and O–H groups in total. The summed E-state index contributed by atoms with van der Waals surface area (Å²) < 4.78 is 8.77. The molecular formula is C21H16BrN3O2S. The third kappa shape index (κ3) is 3.81. The highest BCUT2D eigenvalue weighted by Crippen LogP contribution is 2.29. The second-order valence-electron chi connectivity index (χ2n) is 6.07. The number of furan rings is 1. The van der Waals surface area contributed by atoms with E-state index < -0.39 is 0 Å². The number of para-hydroxylation sites is 1. The fourth-order valence-electron chi connectivity index (χ4n) is 2.81. The van der Waals surface area contributed by atoms with E-state index in [2.05, 4.69) is 32.7 Å². The summed E-state index contributed by atoms with van der Waals surface area (Å²) in [6.07, 6.45) is 1.77. The molecule has 0 atom stereocenters. The second kappa shape index (κ2) is 8.16. The van der Waals surface area contributed by atoms with E-state index in [-0.39, 0.29) is 11.5 Å². The van der Waals surface area contributed by atoms with Crippen LogP contribution in [0.3, 0.4) is 0 Å². The fraction of sp³-hybridized carbons (Fsp3) is 0.0952. The fourth-order valence-corrected chi connectivity index (χ4v) is 3.92. The van der Waals surface area contributed by atoms with Crippen molar-refractivity contribution >= 4 is 44.4 Å². The Balaban J connectivity index is 1.58. The number of ketones is 1. The van der Waals surface area contributed by atoms with Crippen LogP contribution in [0.15, 0.2) is 81.3 Å². The molecule has 4 aromatic rings. The van der Waals surface area contributed by atoms with E-state index in [4.69, 9.17) is 4.42 Å². The van der Waals surface area contributed by atoms with Crippen molar-refractivity contribution in [1.29, 1.82) is 0 Å². The topological polar surface area (TPSA) is 60.9 Å². The van der Waals surface area contributed by atoms with Gasteiger partial charge in [0.05, 0.1) is 5.75 Å². The van der Waals surface area contributed by atoms with Crippen molar-refractivity contribution in [2.24, 2.45) is 0 Å². The zero-order valence-electron chi connectivity index (χ0n) is 14.8. The summed E-state index contributed by atoms with van der Waals surface area (Å²) in [6, 6.07) is 17.1. The second-order valence-corrected chi connectivity index (χ2v) is 7.93. The number of hydrogen-bond donors (Lipinski definition) is 0. The average molecular weight is 454 g/mol. The largest absolute Gasteiger partial charge is 0.453 e. The van der Waals surface area contributed by atoms with Crippen LogP contribution >= 0.6 is 27.7 Å². The molecule has 7 heteroatoms. The highest BCUT2D eigenvalue weighted by Gasteiger charge is 2.18. The Bertz CT molecular complexity index is 1120. The lowest BCUT2D eigenvalue weighted by Gasteiger charge is -2.06. The van der Waals surface area contributed by atoms with Gasteiger partial charge in [0.1, 0.15) is 5.58 Å². The van der Waals surface area contributed by atoms with Crippen LogP contribution in [0.5, 0.6) is 0 Å². The lowest BCUT2D eigenvalue weighted by molar-refractivity contribution is 0.102. The normalized spacial score (nSPS) is 11.0. The predicted molar refractivity (Wildman–Crippen MR) is 115 cm³/mol. The number of nitrogens with zero attached hydrogens (tertiary/aromatic N) is 3. The molecule has 0 aliphatic rings. The number of rotatable bonds is 7. The molecule has 0 aliphatic carbocycles. The molecule has 2 heterocycles. The predicted octanol–water partition coefficient (Wildman–Crippen LogP) is 5.61. The Morgan fingerprint density at radius 3 is 2.71 bits per heavy atom. The Kier molecular flexibility index (Phi) is 5.45. The lowest BCUT2D eigenvalue weighted by atomic mass is 10.2. The Labute approximate surface area is 174 Å². The molecule has 0 aliphatic heterocycles. The minimum atomic E-state index is 0.0379. The first-order chi connectivity index (χ1) is 13.7. The van der Waals surface area contributed by atoms with E-state index in [1.54, 1.807) is 18.2 Å². The molecule has 0 saturated carbocycles. The van der Waals surface area contributed by atoms with Gasteiger partial charge in [-0.15, -0.1) is 16.8 Å². The molecular weight excluding hydrogens is 438 g/mol. The lowest BCUT2D eigenvalue weighted by Crippen LogP contribution is -2.05. The number of fused-ring (bicyclic) bond motifs is 1. The third-order valence-electron chi connectivity index (χ3n) is 4.17. The molecule has 0 amide bonds. The molecule has 2 aromatic carbocycles. The van der Waals surface area contributed by atoms with E-state index in [0.717, 1.165) is 15.4 Å². The number of aromatic nitrogens is 3. The highest BCUT2D eigenvalue weighted by atomic mass is 79.9. The first-order valence-corrected chi connectivity index (χ1v) is 10.4. The van der Waals surface area contributed by atoms with Crippen molar-refractivity contribution in [1.82, 2.24) is 14.8 Å². The minimum Gasteiger partial charge on any atom is -0.453 e. The number of carbonyl (C=O) groups excluding carboxylic acids is 1. The van der Waals surface area contributed by atoms with Crippen molar-refractivity contribution in [3.8, 4) is 11.6 Å². The molecule has 140 valence electrons. The first-order valence-electron chi connectivity index (χ1n) is 8.60. The standard InChI is InChI=1S/C21H16BrN3O2S/c1-2-11-25-20(19-12-15-5-3-4-6-18(15)27-19)23-24-21(25)28-13-17(26)14-7-9-16(22)10-8-14/h2-10,12H,1,11,13H2. The first kappa shape index (κ1) is 18.7. The molecule has 5 nitrogen and oxygen atoms in total. The van der Waals surface area contributed by atoms with Gasteiger partial charge in [-0.3, -0.25) is 9.36 Å². The summed E-state index contributed by atoms with van der Waals surface area (Å²) in [6.45, 7) is 4.34. The van der Waals surface area contributed by atoms with Gasteiger partial charge in [0.15, 0.2) is 16.7 Å². The summed E-state index contributed by atoms with van der Waals surface area (Å²) in [5, 5.41) is 10.2. The maximum Gasteiger partial charge on any atom is 0.200 e. The Morgan fingerprint density at radius 1 is 1.18 bits per heavy atom.